The van der Waals surface area contributed by atoms with Gasteiger partial charge in [-0.05, 0) is 30.3 Å². The van der Waals surface area contributed by atoms with Crippen molar-refractivity contribution in [3.63, 3.8) is 0 Å². The standard InChI is InChI=1S/C18H13N3O4/c1-23-15-7-3-5-13(9-15)17-20-16(25-21-17)11-24-18(22)14-6-2-4-12(8-14)10-19/h2-9H,11H2,1H3. The Morgan fingerprint density at radius 3 is 2.88 bits per heavy atom. The number of methoxy groups -OCH3 is 1. The van der Waals surface area contributed by atoms with Crippen LogP contribution in [-0.4, -0.2) is 23.2 Å². The second-order valence-electron chi connectivity index (χ2n) is 5.01. The molecule has 0 saturated carbocycles. The van der Waals surface area contributed by atoms with Crippen molar-refractivity contribution in [3.8, 4) is 23.2 Å². The van der Waals surface area contributed by atoms with Crippen LogP contribution in [0.15, 0.2) is 53.1 Å². The highest BCUT2D eigenvalue weighted by atomic mass is 16.6. The van der Waals surface area contributed by atoms with Crippen molar-refractivity contribution in [3.05, 3.63) is 65.5 Å². The number of benzene rings is 2. The number of ether oxygens (including phenoxy) is 2. The molecule has 1 heterocycles. The second kappa shape index (κ2) is 7.27. The van der Waals surface area contributed by atoms with Crippen molar-refractivity contribution in [2.75, 3.05) is 7.11 Å². The summed E-state index contributed by atoms with van der Waals surface area (Å²) in [5.41, 5.74) is 1.39. The molecule has 0 spiro atoms. The molecule has 0 aliphatic carbocycles. The normalized spacial score (nSPS) is 10.1. The van der Waals surface area contributed by atoms with E-state index in [1.54, 1.807) is 31.4 Å². The zero-order valence-electron chi connectivity index (χ0n) is 13.3. The molecule has 0 atom stereocenters. The topological polar surface area (TPSA) is 98.2 Å². The molecule has 3 rings (SSSR count). The molecule has 0 saturated heterocycles. The summed E-state index contributed by atoms with van der Waals surface area (Å²) in [6.07, 6.45) is 0. The van der Waals surface area contributed by atoms with Crippen molar-refractivity contribution in [2.24, 2.45) is 0 Å². The van der Waals surface area contributed by atoms with Gasteiger partial charge < -0.3 is 14.0 Å². The van der Waals surface area contributed by atoms with Crippen molar-refractivity contribution < 1.29 is 18.8 Å². The van der Waals surface area contributed by atoms with Gasteiger partial charge in [0.25, 0.3) is 5.89 Å². The fourth-order valence-corrected chi connectivity index (χ4v) is 2.12. The van der Waals surface area contributed by atoms with E-state index in [9.17, 15) is 4.79 Å². The van der Waals surface area contributed by atoms with Crippen molar-refractivity contribution in [1.29, 1.82) is 5.26 Å². The second-order valence-corrected chi connectivity index (χ2v) is 5.01. The average molecular weight is 335 g/mol. The number of nitriles is 1. The van der Waals surface area contributed by atoms with Crippen LogP contribution >= 0.6 is 0 Å². The zero-order valence-corrected chi connectivity index (χ0v) is 13.3. The number of carbonyl (C=O) groups excluding carboxylic acids is 1. The maximum absolute atomic E-state index is 12.0. The molecular formula is C18H13N3O4. The Morgan fingerprint density at radius 2 is 2.08 bits per heavy atom. The number of aromatic nitrogens is 2. The molecule has 0 radical (unpaired) electrons. The van der Waals surface area contributed by atoms with Crippen LogP contribution in [0, 0.1) is 11.3 Å². The number of carbonyl (C=O) groups is 1. The monoisotopic (exact) mass is 335 g/mol. The Hall–Kier alpha value is -3.66. The molecule has 7 nitrogen and oxygen atoms in total. The van der Waals surface area contributed by atoms with Gasteiger partial charge in [0, 0.05) is 5.56 Å². The molecule has 1 aromatic heterocycles. The molecule has 0 unspecified atom stereocenters. The van der Waals surface area contributed by atoms with E-state index in [0.29, 0.717) is 17.1 Å². The molecule has 7 heteroatoms. The lowest BCUT2D eigenvalue weighted by atomic mass is 10.1. The quantitative estimate of drug-likeness (QED) is 0.661. The van der Waals surface area contributed by atoms with Gasteiger partial charge in [0.2, 0.25) is 5.82 Å². The van der Waals surface area contributed by atoms with Crippen molar-refractivity contribution in [1.82, 2.24) is 10.1 Å². The van der Waals surface area contributed by atoms with Crippen LogP contribution in [0.5, 0.6) is 5.75 Å². The van der Waals surface area contributed by atoms with E-state index in [1.807, 2.05) is 24.3 Å². The average Bonchev–Trinajstić information content (AvgIpc) is 3.15. The molecular weight excluding hydrogens is 322 g/mol. The highest BCUT2D eigenvalue weighted by Crippen LogP contribution is 2.21. The Kier molecular flexibility index (Phi) is 4.72. The van der Waals surface area contributed by atoms with Gasteiger partial charge in [-0.25, -0.2) is 4.79 Å². The SMILES string of the molecule is COc1cccc(-c2noc(COC(=O)c3cccc(C#N)c3)n2)c1. The van der Waals surface area contributed by atoms with E-state index in [-0.39, 0.29) is 18.1 Å². The first-order valence-electron chi connectivity index (χ1n) is 7.34. The maximum Gasteiger partial charge on any atom is 0.338 e. The van der Waals surface area contributed by atoms with E-state index in [4.69, 9.17) is 19.3 Å². The van der Waals surface area contributed by atoms with Crippen LogP contribution < -0.4 is 4.74 Å². The number of esters is 1. The van der Waals surface area contributed by atoms with Crippen molar-refractivity contribution >= 4 is 5.97 Å². The van der Waals surface area contributed by atoms with Crippen LogP contribution in [0.25, 0.3) is 11.4 Å². The summed E-state index contributed by atoms with van der Waals surface area (Å²) >= 11 is 0. The van der Waals surface area contributed by atoms with Gasteiger partial charge in [-0.3, -0.25) is 0 Å². The molecule has 0 amide bonds. The molecule has 0 bridgehead atoms. The predicted molar refractivity (Wildman–Crippen MR) is 86.6 cm³/mol. The fourth-order valence-electron chi connectivity index (χ4n) is 2.12. The van der Waals surface area contributed by atoms with E-state index < -0.39 is 5.97 Å². The van der Waals surface area contributed by atoms with Crippen LogP contribution in [0.3, 0.4) is 0 Å². The highest BCUT2D eigenvalue weighted by molar-refractivity contribution is 5.89. The maximum atomic E-state index is 12.0. The van der Waals surface area contributed by atoms with Crippen LogP contribution in [0.2, 0.25) is 0 Å². The molecule has 0 N–H and O–H groups in total. The molecule has 0 aliphatic heterocycles. The minimum Gasteiger partial charge on any atom is -0.497 e. The number of nitrogens with zero attached hydrogens (tertiary/aromatic N) is 3. The summed E-state index contributed by atoms with van der Waals surface area (Å²) in [6, 6.07) is 15.4. The smallest absolute Gasteiger partial charge is 0.338 e. The lowest BCUT2D eigenvalue weighted by Gasteiger charge is -2.02. The summed E-state index contributed by atoms with van der Waals surface area (Å²) in [5, 5.41) is 12.7. The van der Waals surface area contributed by atoms with E-state index in [2.05, 4.69) is 10.1 Å². The van der Waals surface area contributed by atoms with Gasteiger partial charge in [-0.15, -0.1) is 0 Å². The van der Waals surface area contributed by atoms with Crippen LogP contribution in [0.1, 0.15) is 21.8 Å². The van der Waals surface area contributed by atoms with Gasteiger partial charge in [0.1, 0.15) is 5.75 Å². The van der Waals surface area contributed by atoms with Gasteiger partial charge in [0.15, 0.2) is 6.61 Å². The van der Waals surface area contributed by atoms with E-state index in [1.165, 1.54) is 6.07 Å². The first-order valence-corrected chi connectivity index (χ1v) is 7.34. The summed E-state index contributed by atoms with van der Waals surface area (Å²) < 4.78 is 15.4. The first kappa shape index (κ1) is 16.2. The van der Waals surface area contributed by atoms with Crippen LogP contribution in [0.4, 0.5) is 0 Å². The fraction of sp³-hybridized carbons (Fsp3) is 0.111. The third-order valence-electron chi connectivity index (χ3n) is 3.35. The zero-order chi connectivity index (χ0) is 17.6. The Balaban J connectivity index is 1.67. The Labute approximate surface area is 143 Å². The Bertz CT molecular complexity index is 943. The number of hydrogen-bond donors (Lipinski definition) is 0. The largest absolute Gasteiger partial charge is 0.497 e. The first-order chi connectivity index (χ1) is 12.2. The lowest BCUT2D eigenvalue weighted by Crippen LogP contribution is -2.05. The van der Waals surface area contributed by atoms with Gasteiger partial charge in [-0.2, -0.15) is 10.2 Å². The van der Waals surface area contributed by atoms with Gasteiger partial charge in [0.05, 0.1) is 24.3 Å². The molecule has 0 aliphatic rings. The third-order valence-corrected chi connectivity index (χ3v) is 3.35. The van der Waals surface area contributed by atoms with Crippen molar-refractivity contribution in [2.45, 2.75) is 6.61 Å². The highest BCUT2D eigenvalue weighted by Gasteiger charge is 2.13. The third kappa shape index (κ3) is 3.82. The molecule has 0 fully saturated rings. The molecule has 2 aromatic carbocycles. The summed E-state index contributed by atoms with van der Waals surface area (Å²) in [4.78, 5) is 16.2. The lowest BCUT2D eigenvalue weighted by molar-refractivity contribution is 0.0430. The Morgan fingerprint density at radius 1 is 1.24 bits per heavy atom. The summed E-state index contributed by atoms with van der Waals surface area (Å²) in [6.45, 7) is -0.160. The van der Waals surface area contributed by atoms with Gasteiger partial charge >= 0.3 is 5.97 Å². The molecule has 3 aromatic rings. The van der Waals surface area contributed by atoms with E-state index in [0.717, 1.165) is 5.56 Å². The van der Waals surface area contributed by atoms with Crippen LogP contribution in [-0.2, 0) is 11.3 Å². The van der Waals surface area contributed by atoms with Gasteiger partial charge in [-0.1, -0.05) is 23.4 Å². The summed E-state index contributed by atoms with van der Waals surface area (Å²) in [7, 11) is 1.57. The number of rotatable bonds is 5. The molecule has 25 heavy (non-hydrogen) atoms. The summed E-state index contributed by atoms with van der Waals surface area (Å²) in [5.74, 6) is 0.643. The minimum atomic E-state index is -0.571. The molecule has 124 valence electrons. The minimum absolute atomic E-state index is 0.160. The number of hydrogen-bond acceptors (Lipinski definition) is 7. The van der Waals surface area contributed by atoms with E-state index >= 15 is 0 Å². The predicted octanol–water partition coefficient (Wildman–Crippen LogP) is 2.97.